The average Bonchev–Trinajstić information content (AvgIpc) is 3.25. The van der Waals surface area contributed by atoms with Crippen molar-refractivity contribution in [1.82, 2.24) is 25.2 Å². The van der Waals surface area contributed by atoms with E-state index in [9.17, 15) is 18.0 Å². The van der Waals surface area contributed by atoms with Crippen LogP contribution in [0.1, 0.15) is 41.9 Å². The van der Waals surface area contributed by atoms with Gasteiger partial charge in [-0.25, -0.2) is 0 Å². The Balaban J connectivity index is 1.70. The third-order valence-electron chi connectivity index (χ3n) is 3.25. The van der Waals surface area contributed by atoms with Crippen molar-refractivity contribution in [2.24, 2.45) is 0 Å². The van der Waals surface area contributed by atoms with E-state index in [1.54, 1.807) is 23.0 Å². The van der Waals surface area contributed by atoms with Crippen LogP contribution in [0.3, 0.4) is 0 Å². The second-order valence-corrected chi connectivity index (χ2v) is 7.99. The lowest BCUT2D eigenvalue weighted by Gasteiger charge is -2.19. The first-order valence-corrected chi connectivity index (χ1v) is 8.68. The van der Waals surface area contributed by atoms with Crippen molar-refractivity contribution in [1.29, 1.82) is 0 Å². The number of aromatic nitrogens is 4. The monoisotopic (exact) mass is 399 g/mol. The molecule has 0 atom stereocenters. The first kappa shape index (κ1) is 19.1. The molecular formula is C16H16F3N5O2S. The lowest BCUT2D eigenvalue weighted by atomic mass is 10.1. The molecule has 0 fully saturated rings. The molecular weight excluding hydrogens is 383 g/mol. The smallest absolute Gasteiger partial charge is 0.347 e. The van der Waals surface area contributed by atoms with E-state index in [1.807, 2.05) is 20.8 Å². The molecule has 0 aromatic carbocycles. The summed E-state index contributed by atoms with van der Waals surface area (Å²) in [5.41, 5.74) is 0.0662. The van der Waals surface area contributed by atoms with Crippen molar-refractivity contribution in [3.05, 3.63) is 40.9 Å². The number of halogens is 3. The fourth-order valence-electron chi connectivity index (χ4n) is 2.16. The average molecular weight is 399 g/mol. The van der Waals surface area contributed by atoms with Gasteiger partial charge in [0.1, 0.15) is 0 Å². The van der Waals surface area contributed by atoms with Gasteiger partial charge in [0.05, 0.1) is 23.2 Å². The maximum atomic E-state index is 12.5. The predicted molar refractivity (Wildman–Crippen MR) is 91.2 cm³/mol. The Labute approximate surface area is 156 Å². The Morgan fingerprint density at radius 1 is 1.30 bits per heavy atom. The van der Waals surface area contributed by atoms with E-state index >= 15 is 0 Å². The number of amides is 1. The molecule has 0 saturated carbocycles. The molecule has 144 valence electrons. The van der Waals surface area contributed by atoms with Crippen molar-refractivity contribution >= 4 is 17.2 Å². The molecule has 0 aliphatic heterocycles. The number of carbonyl (C=O) groups is 1. The summed E-state index contributed by atoms with van der Waals surface area (Å²) in [7, 11) is 0. The number of hydrogen-bond acceptors (Lipinski definition) is 6. The number of rotatable bonds is 4. The second kappa shape index (κ2) is 6.80. The highest BCUT2D eigenvalue weighted by Crippen LogP contribution is 2.31. The van der Waals surface area contributed by atoms with Crippen LogP contribution in [0.4, 0.5) is 13.2 Å². The summed E-state index contributed by atoms with van der Waals surface area (Å²) in [5, 5.41) is 10.4. The Morgan fingerprint density at radius 3 is 2.67 bits per heavy atom. The molecule has 3 aromatic heterocycles. The molecule has 0 unspecified atom stereocenters. The van der Waals surface area contributed by atoms with Crippen molar-refractivity contribution in [3.63, 3.8) is 0 Å². The molecule has 3 rings (SSSR count). The van der Waals surface area contributed by atoms with E-state index in [2.05, 4.69) is 25.1 Å². The normalized spacial score (nSPS) is 12.4. The molecule has 27 heavy (non-hydrogen) atoms. The molecule has 0 saturated heterocycles. The van der Waals surface area contributed by atoms with Crippen molar-refractivity contribution in [2.45, 2.75) is 39.0 Å². The molecule has 0 spiro atoms. The van der Waals surface area contributed by atoms with Crippen LogP contribution in [0.5, 0.6) is 0 Å². The van der Waals surface area contributed by atoms with Gasteiger partial charge in [-0.05, 0) is 32.9 Å². The number of thiophene rings is 1. The highest BCUT2D eigenvalue weighted by molar-refractivity contribution is 7.15. The zero-order valence-corrected chi connectivity index (χ0v) is 15.5. The summed E-state index contributed by atoms with van der Waals surface area (Å²) in [6, 6.07) is 3.35. The fourth-order valence-corrected chi connectivity index (χ4v) is 3.09. The zero-order chi connectivity index (χ0) is 19.8. The van der Waals surface area contributed by atoms with Crippen molar-refractivity contribution in [2.75, 3.05) is 0 Å². The SMILES string of the molecule is CC(C)(C)NC(=O)c1cnn(Cc2ccc(-c3noc(C(F)(F)F)n3)s2)c1. The van der Waals surface area contributed by atoms with Gasteiger partial charge in [-0.15, -0.1) is 11.3 Å². The predicted octanol–water partition coefficient (Wildman–Crippen LogP) is 3.59. The summed E-state index contributed by atoms with van der Waals surface area (Å²) in [5.74, 6) is -1.73. The van der Waals surface area contributed by atoms with Crippen LogP contribution >= 0.6 is 11.3 Å². The summed E-state index contributed by atoms with van der Waals surface area (Å²) >= 11 is 1.22. The number of hydrogen-bond donors (Lipinski definition) is 1. The minimum atomic E-state index is -4.68. The highest BCUT2D eigenvalue weighted by Gasteiger charge is 2.38. The maximum absolute atomic E-state index is 12.5. The molecule has 11 heteroatoms. The molecule has 3 aromatic rings. The molecule has 0 radical (unpaired) electrons. The van der Waals surface area contributed by atoms with Crippen LogP contribution in [-0.4, -0.2) is 31.4 Å². The van der Waals surface area contributed by atoms with Gasteiger partial charge in [0, 0.05) is 16.6 Å². The Bertz CT molecular complexity index is 952. The van der Waals surface area contributed by atoms with Crippen LogP contribution in [-0.2, 0) is 12.7 Å². The van der Waals surface area contributed by atoms with E-state index in [4.69, 9.17) is 0 Å². The minimum Gasteiger partial charge on any atom is -0.347 e. The van der Waals surface area contributed by atoms with Crippen molar-refractivity contribution < 1.29 is 22.5 Å². The van der Waals surface area contributed by atoms with E-state index in [-0.39, 0.29) is 17.3 Å². The van der Waals surface area contributed by atoms with Crippen LogP contribution in [0.15, 0.2) is 29.0 Å². The summed E-state index contributed by atoms with van der Waals surface area (Å²) in [4.78, 5) is 16.7. The van der Waals surface area contributed by atoms with Gasteiger partial charge in [0.25, 0.3) is 5.91 Å². The molecule has 1 N–H and O–H groups in total. The third kappa shape index (κ3) is 4.73. The number of nitrogens with zero attached hydrogens (tertiary/aromatic N) is 4. The van der Waals surface area contributed by atoms with Gasteiger partial charge >= 0.3 is 12.1 Å². The summed E-state index contributed by atoms with van der Waals surface area (Å²) in [6.07, 6.45) is -1.61. The third-order valence-corrected chi connectivity index (χ3v) is 4.32. The molecule has 0 bridgehead atoms. The first-order valence-electron chi connectivity index (χ1n) is 7.86. The summed E-state index contributed by atoms with van der Waals surface area (Å²) in [6.45, 7) is 6.00. The summed E-state index contributed by atoms with van der Waals surface area (Å²) < 4.78 is 43.4. The Kier molecular flexibility index (Phi) is 4.81. The fraction of sp³-hybridized carbons (Fsp3) is 0.375. The maximum Gasteiger partial charge on any atom is 0.471 e. The Morgan fingerprint density at radius 2 is 2.04 bits per heavy atom. The number of alkyl halides is 3. The second-order valence-electron chi connectivity index (χ2n) is 6.82. The van der Waals surface area contributed by atoms with Crippen LogP contribution in [0.2, 0.25) is 0 Å². The molecule has 0 aliphatic rings. The molecule has 0 aliphatic carbocycles. The van der Waals surface area contributed by atoms with E-state index in [1.165, 1.54) is 17.5 Å². The molecule has 7 nitrogen and oxygen atoms in total. The van der Waals surface area contributed by atoms with Gasteiger partial charge in [-0.2, -0.15) is 23.3 Å². The standard InChI is InChI=1S/C16H16F3N5O2S/c1-15(2,3)22-13(25)9-6-20-24(7-9)8-10-4-5-11(27-10)12-21-14(26-23-12)16(17,18)19/h4-7H,8H2,1-3H3,(H,22,25). The largest absolute Gasteiger partial charge is 0.471 e. The van der Waals surface area contributed by atoms with Crippen LogP contribution in [0, 0.1) is 0 Å². The van der Waals surface area contributed by atoms with Gasteiger partial charge < -0.3 is 9.84 Å². The van der Waals surface area contributed by atoms with E-state index < -0.39 is 12.1 Å². The highest BCUT2D eigenvalue weighted by atomic mass is 32.1. The van der Waals surface area contributed by atoms with Crippen molar-refractivity contribution in [3.8, 4) is 10.7 Å². The van der Waals surface area contributed by atoms with Gasteiger partial charge in [-0.1, -0.05) is 5.16 Å². The molecule has 1 amide bonds. The molecule has 3 heterocycles. The van der Waals surface area contributed by atoms with Gasteiger partial charge in [0.2, 0.25) is 5.82 Å². The first-order chi connectivity index (χ1) is 12.5. The number of carbonyl (C=O) groups excluding carboxylic acids is 1. The lowest BCUT2D eigenvalue weighted by molar-refractivity contribution is -0.159. The zero-order valence-electron chi connectivity index (χ0n) is 14.7. The van der Waals surface area contributed by atoms with Crippen LogP contribution in [0.25, 0.3) is 10.7 Å². The lowest BCUT2D eigenvalue weighted by Crippen LogP contribution is -2.40. The van der Waals surface area contributed by atoms with Crippen LogP contribution < -0.4 is 5.32 Å². The van der Waals surface area contributed by atoms with Gasteiger partial charge in [0.15, 0.2) is 0 Å². The Hall–Kier alpha value is -2.69. The topological polar surface area (TPSA) is 85.8 Å². The minimum absolute atomic E-state index is 0.121. The quantitative estimate of drug-likeness (QED) is 0.725. The van der Waals surface area contributed by atoms with E-state index in [0.29, 0.717) is 17.0 Å². The number of nitrogens with one attached hydrogen (secondary N) is 1. The van der Waals surface area contributed by atoms with Gasteiger partial charge in [-0.3, -0.25) is 9.48 Å². The van der Waals surface area contributed by atoms with E-state index in [0.717, 1.165) is 4.88 Å².